The first-order valence-electron chi connectivity index (χ1n) is 9.45. The normalized spacial score (nSPS) is 19.0. The van der Waals surface area contributed by atoms with E-state index in [0.717, 1.165) is 28.5 Å². The maximum Gasteiger partial charge on any atom is 0.170 e. The molecule has 2 N–H and O–H groups in total. The fourth-order valence-electron chi connectivity index (χ4n) is 3.44. The number of aromatic nitrogens is 2. The quantitative estimate of drug-likeness (QED) is 0.645. The number of nitrogens with two attached hydrogens (primary N) is 1. The molecule has 148 valence electrons. The minimum Gasteiger partial charge on any atom is -0.383 e. The molecule has 0 amide bonds. The molecule has 1 aliphatic rings. The van der Waals surface area contributed by atoms with E-state index in [1.165, 1.54) is 6.08 Å². The summed E-state index contributed by atoms with van der Waals surface area (Å²) < 4.78 is 32.8. The first-order valence-corrected chi connectivity index (χ1v) is 9.45. The number of hydrogen-bond donors (Lipinski definition) is 1. The lowest BCUT2D eigenvalue weighted by atomic mass is 9.87. The van der Waals surface area contributed by atoms with Crippen molar-refractivity contribution in [3.05, 3.63) is 89.0 Å². The summed E-state index contributed by atoms with van der Waals surface area (Å²) >= 11 is 0. The number of nitrogens with zero attached hydrogens (tertiary/aromatic N) is 2. The predicted molar refractivity (Wildman–Crippen MR) is 108 cm³/mol. The number of pyridine rings is 1. The van der Waals surface area contributed by atoms with Gasteiger partial charge in [-0.2, -0.15) is 0 Å². The van der Waals surface area contributed by atoms with Crippen LogP contribution in [-0.4, -0.2) is 16.3 Å². The molecule has 0 bridgehead atoms. The Hall–Kier alpha value is -3.28. The molecule has 2 heterocycles. The molecular weight excluding hydrogens is 372 g/mol. The predicted octanol–water partition coefficient (Wildman–Crippen LogP) is 5.22. The van der Waals surface area contributed by atoms with Gasteiger partial charge in [-0.1, -0.05) is 41.9 Å². The summed E-state index contributed by atoms with van der Waals surface area (Å²) in [6, 6.07) is 13.4. The summed E-state index contributed by atoms with van der Waals surface area (Å²) in [6.07, 6.45) is 3.95. The summed E-state index contributed by atoms with van der Waals surface area (Å²) in [5, 5.41) is 4.11. The summed E-state index contributed by atoms with van der Waals surface area (Å²) in [6.45, 7) is 1.78. The molecule has 29 heavy (non-hydrogen) atoms. The van der Waals surface area contributed by atoms with Crippen LogP contribution in [0, 0.1) is 5.92 Å². The molecule has 2 aromatic heterocycles. The summed E-state index contributed by atoms with van der Waals surface area (Å²) in [5.41, 5.74) is 10.2. The van der Waals surface area contributed by atoms with E-state index in [-0.39, 0.29) is 5.92 Å². The lowest BCUT2D eigenvalue weighted by Gasteiger charge is -2.21. The minimum atomic E-state index is -1.27. The standard InChI is InChI=1S/C23H21F2N3O/c1-14-17(11-18(24)12-21(14)25)9-15-4-6-16(7-5-15)10-19-13-22(29-28-19)20-3-2-8-27-23(20)26/h2-8,11-14,21H,9-10H2,1H3,(H2,26,27). The topological polar surface area (TPSA) is 64.9 Å². The Balaban J connectivity index is 1.44. The van der Waals surface area contributed by atoms with E-state index in [2.05, 4.69) is 10.1 Å². The monoisotopic (exact) mass is 393 g/mol. The van der Waals surface area contributed by atoms with Crippen molar-refractivity contribution >= 4 is 5.82 Å². The Morgan fingerprint density at radius 1 is 1.10 bits per heavy atom. The molecule has 3 aromatic rings. The van der Waals surface area contributed by atoms with Crippen molar-refractivity contribution in [2.24, 2.45) is 5.92 Å². The van der Waals surface area contributed by atoms with E-state index in [4.69, 9.17) is 10.3 Å². The van der Waals surface area contributed by atoms with Gasteiger partial charge in [-0.15, -0.1) is 0 Å². The van der Waals surface area contributed by atoms with Gasteiger partial charge in [0.1, 0.15) is 17.8 Å². The number of allylic oxidation sites excluding steroid dienone is 4. The van der Waals surface area contributed by atoms with Crippen molar-refractivity contribution in [2.75, 3.05) is 5.73 Å². The molecule has 2 atom stereocenters. The molecule has 4 rings (SSSR count). The van der Waals surface area contributed by atoms with Crippen molar-refractivity contribution in [3.8, 4) is 11.3 Å². The largest absolute Gasteiger partial charge is 0.383 e. The van der Waals surface area contributed by atoms with Gasteiger partial charge >= 0.3 is 0 Å². The van der Waals surface area contributed by atoms with Crippen molar-refractivity contribution < 1.29 is 13.3 Å². The molecule has 1 aromatic carbocycles. The fraction of sp³-hybridized carbons (Fsp3) is 0.217. The lowest BCUT2D eigenvalue weighted by Crippen LogP contribution is -2.17. The van der Waals surface area contributed by atoms with Crippen LogP contribution in [-0.2, 0) is 12.8 Å². The molecule has 0 aliphatic heterocycles. The van der Waals surface area contributed by atoms with Crippen molar-refractivity contribution in [1.29, 1.82) is 0 Å². The van der Waals surface area contributed by atoms with Crippen molar-refractivity contribution in [3.63, 3.8) is 0 Å². The molecule has 0 saturated heterocycles. The second kappa shape index (κ2) is 7.99. The number of hydrogen-bond acceptors (Lipinski definition) is 4. The fourth-order valence-corrected chi connectivity index (χ4v) is 3.44. The molecule has 0 fully saturated rings. The highest BCUT2D eigenvalue weighted by Gasteiger charge is 2.23. The molecule has 0 spiro atoms. The third kappa shape index (κ3) is 4.26. The summed E-state index contributed by atoms with van der Waals surface area (Å²) in [4.78, 5) is 4.06. The van der Waals surface area contributed by atoms with Crippen LogP contribution in [0.25, 0.3) is 11.3 Å². The summed E-state index contributed by atoms with van der Waals surface area (Å²) in [5.74, 6) is 0.157. The second-order valence-electron chi connectivity index (χ2n) is 7.29. The van der Waals surface area contributed by atoms with Gasteiger partial charge in [0.15, 0.2) is 5.76 Å². The van der Waals surface area contributed by atoms with E-state index < -0.39 is 12.0 Å². The van der Waals surface area contributed by atoms with Crippen molar-refractivity contribution in [2.45, 2.75) is 25.9 Å². The molecule has 0 saturated carbocycles. The van der Waals surface area contributed by atoms with E-state index in [1.54, 1.807) is 19.2 Å². The first-order chi connectivity index (χ1) is 14.0. The Labute approximate surface area is 167 Å². The zero-order valence-corrected chi connectivity index (χ0v) is 16.0. The van der Waals surface area contributed by atoms with Crippen molar-refractivity contribution in [1.82, 2.24) is 10.1 Å². The number of anilines is 1. The van der Waals surface area contributed by atoms with Gasteiger partial charge in [-0.25, -0.2) is 13.8 Å². The lowest BCUT2D eigenvalue weighted by molar-refractivity contribution is 0.313. The molecule has 0 radical (unpaired) electrons. The highest BCUT2D eigenvalue weighted by atomic mass is 19.1. The Morgan fingerprint density at radius 3 is 2.55 bits per heavy atom. The molecule has 2 unspecified atom stereocenters. The maximum atomic E-state index is 13.9. The highest BCUT2D eigenvalue weighted by Crippen LogP contribution is 2.30. The van der Waals surface area contributed by atoms with Gasteiger partial charge in [0, 0.05) is 24.6 Å². The molecule has 1 aliphatic carbocycles. The number of benzene rings is 1. The maximum absolute atomic E-state index is 13.9. The van der Waals surface area contributed by atoms with Gasteiger partial charge in [0.05, 0.1) is 11.3 Å². The Bertz CT molecular complexity index is 1070. The number of nitrogen functional groups attached to an aromatic ring is 1. The molecule has 6 heteroatoms. The van der Waals surface area contributed by atoms with Crippen LogP contribution in [0.15, 0.2) is 76.7 Å². The van der Waals surface area contributed by atoms with E-state index >= 15 is 0 Å². The highest BCUT2D eigenvalue weighted by molar-refractivity contribution is 5.69. The van der Waals surface area contributed by atoms with Crippen LogP contribution in [0.4, 0.5) is 14.6 Å². The van der Waals surface area contributed by atoms with Gasteiger partial charge in [0.25, 0.3) is 0 Å². The van der Waals surface area contributed by atoms with E-state index in [1.807, 2.05) is 36.4 Å². The van der Waals surface area contributed by atoms with Gasteiger partial charge in [-0.3, -0.25) is 0 Å². The number of rotatable bonds is 5. The average molecular weight is 393 g/mol. The van der Waals surface area contributed by atoms with Crippen LogP contribution in [0.2, 0.25) is 0 Å². The molecular formula is C23H21F2N3O. The SMILES string of the molecule is CC1C(Cc2ccc(Cc3cc(-c4cccnc4N)on3)cc2)=CC(F)=CC1F. The molecule has 4 nitrogen and oxygen atoms in total. The third-order valence-electron chi connectivity index (χ3n) is 5.18. The zero-order chi connectivity index (χ0) is 20.4. The Morgan fingerprint density at radius 2 is 1.83 bits per heavy atom. The number of alkyl halides is 1. The smallest absolute Gasteiger partial charge is 0.170 e. The first kappa shape index (κ1) is 19.1. The number of halogens is 2. The van der Waals surface area contributed by atoms with E-state index in [0.29, 0.717) is 30.0 Å². The zero-order valence-electron chi connectivity index (χ0n) is 16.0. The van der Waals surface area contributed by atoms with Crippen LogP contribution in [0.3, 0.4) is 0 Å². The van der Waals surface area contributed by atoms with Gasteiger partial charge in [-0.05, 0) is 41.8 Å². The third-order valence-corrected chi connectivity index (χ3v) is 5.18. The second-order valence-corrected chi connectivity index (χ2v) is 7.29. The average Bonchev–Trinajstić information content (AvgIpc) is 3.16. The van der Waals surface area contributed by atoms with E-state index in [9.17, 15) is 8.78 Å². The van der Waals surface area contributed by atoms with Crippen LogP contribution >= 0.6 is 0 Å². The van der Waals surface area contributed by atoms with Gasteiger partial charge < -0.3 is 10.3 Å². The van der Waals surface area contributed by atoms with Crippen LogP contribution in [0.1, 0.15) is 23.7 Å². The van der Waals surface area contributed by atoms with Gasteiger partial charge in [0.2, 0.25) is 0 Å². The Kier molecular flexibility index (Phi) is 5.25. The van der Waals surface area contributed by atoms with Crippen LogP contribution < -0.4 is 5.73 Å². The summed E-state index contributed by atoms with van der Waals surface area (Å²) in [7, 11) is 0. The van der Waals surface area contributed by atoms with Crippen LogP contribution in [0.5, 0.6) is 0 Å². The minimum absolute atomic E-state index is 0.317.